The average molecular weight is 217 g/mol. The molecule has 0 unspecified atom stereocenters. The molecule has 0 spiro atoms. The van der Waals surface area contributed by atoms with Crippen molar-refractivity contribution in [1.29, 1.82) is 0 Å². The fourth-order valence-electron chi connectivity index (χ4n) is 0.796. The number of hydrogen-bond acceptors (Lipinski definition) is 1. The van der Waals surface area contributed by atoms with Crippen LogP contribution in [0.5, 0.6) is 0 Å². The Morgan fingerprint density at radius 3 is 2.15 bits per heavy atom. The molecule has 0 radical (unpaired) electrons. The first kappa shape index (κ1) is 10.4. The predicted molar refractivity (Wildman–Crippen MR) is 58.3 cm³/mol. The summed E-state index contributed by atoms with van der Waals surface area (Å²) in [5, 5.41) is 1.19. The van der Waals surface area contributed by atoms with Gasteiger partial charge in [0.2, 0.25) is 0 Å². The summed E-state index contributed by atoms with van der Waals surface area (Å²) in [4.78, 5) is 6.00. The topological polar surface area (TPSA) is 15.6 Å². The lowest BCUT2D eigenvalue weighted by atomic mass is 10.3. The number of benzene rings is 1. The van der Waals surface area contributed by atoms with Crippen LogP contribution in [-0.2, 0) is 0 Å². The van der Waals surface area contributed by atoms with Crippen molar-refractivity contribution in [3.05, 3.63) is 28.2 Å². The number of nitrogens with zero attached hydrogens (tertiary/aromatic N) is 2. The predicted octanol–water partition coefficient (Wildman–Crippen LogP) is 3.21. The Hall–Kier alpha value is -0.730. The maximum Gasteiger partial charge on any atom is 0.0907 e. The molecule has 1 aromatic carbocycles. The zero-order valence-corrected chi connectivity index (χ0v) is 8.97. The maximum absolute atomic E-state index is 5.79. The molecule has 0 saturated heterocycles. The van der Waals surface area contributed by atoms with Gasteiger partial charge >= 0.3 is 0 Å². The van der Waals surface area contributed by atoms with Gasteiger partial charge in [-0.3, -0.25) is 0 Å². The van der Waals surface area contributed by atoms with Crippen LogP contribution in [0.2, 0.25) is 10.0 Å². The third-order valence-corrected chi connectivity index (χ3v) is 1.72. The van der Waals surface area contributed by atoms with Crippen molar-refractivity contribution >= 4 is 35.2 Å². The molecule has 0 atom stereocenters. The minimum absolute atomic E-state index is 0.596. The van der Waals surface area contributed by atoms with Crippen molar-refractivity contribution in [2.24, 2.45) is 4.99 Å². The second-order valence-corrected chi connectivity index (χ2v) is 3.71. The molecular formula is C9H10Cl2N2. The van der Waals surface area contributed by atoms with Gasteiger partial charge in [0.1, 0.15) is 0 Å². The first-order chi connectivity index (χ1) is 6.08. The van der Waals surface area contributed by atoms with Crippen LogP contribution in [0.15, 0.2) is 23.2 Å². The molecule has 0 saturated carbocycles. The summed E-state index contributed by atoms with van der Waals surface area (Å²) in [6.45, 7) is 0. The van der Waals surface area contributed by atoms with E-state index in [1.54, 1.807) is 24.5 Å². The minimum Gasteiger partial charge on any atom is -0.369 e. The van der Waals surface area contributed by atoms with Crippen LogP contribution in [-0.4, -0.2) is 25.3 Å². The molecule has 13 heavy (non-hydrogen) atoms. The molecule has 70 valence electrons. The number of rotatable bonds is 2. The number of halogens is 2. The zero-order valence-electron chi connectivity index (χ0n) is 7.46. The van der Waals surface area contributed by atoms with Crippen molar-refractivity contribution in [2.75, 3.05) is 14.1 Å². The van der Waals surface area contributed by atoms with Gasteiger partial charge in [0.15, 0.2) is 0 Å². The molecule has 2 nitrogen and oxygen atoms in total. The smallest absolute Gasteiger partial charge is 0.0907 e. The second kappa shape index (κ2) is 4.49. The molecule has 0 heterocycles. The number of aliphatic imine (C=N–C) groups is 1. The van der Waals surface area contributed by atoms with E-state index in [2.05, 4.69) is 4.99 Å². The summed E-state index contributed by atoms with van der Waals surface area (Å²) in [7, 11) is 3.80. The summed E-state index contributed by atoms with van der Waals surface area (Å²) in [6, 6.07) is 5.19. The Morgan fingerprint density at radius 1 is 1.15 bits per heavy atom. The summed E-state index contributed by atoms with van der Waals surface area (Å²) in [5.74, 6) is 0. The van der Waals surface area contributed by atoms with Crippen LogP contribution in [0, 0.1) is 0 Å². The van der Waals surface area contributed by atoms with Crippen molar-refractivity contribution < 1.29 is 0 Å². The fourth-order valence-corrected chi connectivity index (χ4v) is 1.31. The van der Waals surface area contributed by atoms with E-state index in [1.165, 1.54) is 0 Å². The monoisotopic (exact) mass is 216 g/mol. The van der Waals surface area contributed by atoms with Gasteiger partial charge in [-0.05, 0) is 18.2 Å². The third-order valence-electron chi connectivity index (χ3n) is 1.29. The largest absolute Gasteiger partial charge is 0.369 e. The van der Waals surface area contributed by atoms with Gasteiger partial charge in [0.25, 0.3) is 0 Å². The molecule has 0 aliphatic carbocycles. The van der Waals surface area contributed by atoms with Crippen LogP contribution < -0.4 is 0 Å². The van der Waals surface area contributed by atoms with E-state index in [-0.39, 0.29) is 0 Å². The van der Waals surface area contributed by atoms with Gasteiger partial charge in [0, 0.05) is 24.1 Å². The molecule has 0 amide bonds. The van der Waals surface area contributed by atoms with E-state index in [0.29, 0.717) is 10.0 Å². The van der Waals surface area contributed by atoms with Gasteiger partial charge < -0.3 is 4.90 Å². The average Bonchev–Trinajstić information content (AvgIpc) is 1.99. The summed E-state index contributed by atoms with van der Waals surface area (Å²) >= 11 is 11.6. The highest BCUT2D eigenvalue weighted by molar-refractivity contribution is 6.35. The van der Waals surface area contributed by atoms with Crippen molar-refractivity contribution in [2.45, 2.75) is 0 Å². The van der Waals surface area contributed by atoms with Crippen LogP contribution in [0.1, 0.15) is 0 Å². The Kier molecular flexibility index (Phi) is 3.58. The Bertz CT molecular complexity index is 301. The summed E-state index contributed by atoms with van der Waals surface area (Å²) in [6.07, 6.45) is 1.70. The summed E-state index contributed by atoms with van der Waals surface area (Å²) in [5.41, 5.74) is 0.756. The third kappa shape index (κ3) is 3.66. The molecular weight excluding hydrogens is 207 g/mol. The van der Waals surface area contributed by atoms with Crippen molar-refractivity contribution in [3.63, 3.8) is 0 Å². The molecule has 0 aliphatic rings. The standard InChI is InChI=1S/C9H10Cl2N2/c1-13(2)6-12-9-4-7(10)3-8(11)5-9/h3-6H,1-2H3. The maximum atomic E-state index is 5.79. The first-order valence-electron chi connectivity index (χ1n) is 3.74. The van der Waals surface area contributed by atoms with E-state index in [9.17, 15) is 0 Å². The van der Waals surface area contributed by atoms with Gasteiger partial charge in [-0.25, -0.2) is 4.99 Å². The number of hydrogen-bond donors (Lipinski definition) is 0. The van der Waals surface area contributed by atoms with Gasteiger partial charge in [0.05, 0.1) is 12.0 Å². The molecule has 1 aromatic rings. The Morgan fingerprint density at radius 2 is 1.69 bits per heavy atom. The molecule has 0 bridgehead atoms. The van der Waals surface area contributed by atoms with E-state index >= 15 is 0 Å². The van der Waals surface area contributed by atoms with Gasteiger partial charge in [-0.1, -0.05) is 23.2 Å². The summed E-state index contributed by atoms with van der Waals surface area (Å²) < 4.78 is 0. The highest BCUT2D eigenvalue weighted by Crippen LogP contribution is 2.24. The minimum atomic E-state index is 0.596. The highest BCUT2D eigenvalue weighted by Gasteiger charge is 1.95. The van der Waals surface area contributed by atoms with Gasteiger partial charge in [-0.2, -0.15) is 0 Å². The lowest BCUT2D eigenvalue weighted by molar-refractivity contribution is 0.643. The first-order valence-corrected chi connectivity index (χ1v) is 4.50. The Balaban J connectivity index is 2.89. The molecule has 4 heteroatoms. The van der Waals surface area contributed by atoms with Gasteiger partial charge in [-0.15, -0.1) is 0 Å². The zero-order chi connectivity index (χ0) is 9.84. The SMILES string of the molecule is CN(C)C=Nc1cc(Cl)cc(Cl)c1. The van der Waals surface area contributed by atoms with E-state index in [4.69, 9.17) is 23.2 Å². The fraction of sp³-hybridized carbons (Fsp3) is 0.222. The molecule has 0 fully saturated rings. The Labute approximate surface area is 87.8 Å². The normalized spacial score (nSPS) is 10.8. The van der Waals surface area contributed by atoms with E-state index in [1.807, 2.05) is 19.0 Å². The van der Waals surface area contributed by atoms with Crippen molar-refractivity contribution in [3.8, 4) is 0 Å². The van der Waals surface area contributed by atoms with E-state index in [0.717, 1.165) is 5.69 Å². The van der Waals surface area contributed by atoms with Crippen molar-refractivity contribution in [1.82, 2.24) is 4.90 Å². The lowest BCUT2D eigenvalue weighted by Crippen LogP contribution is -2.06. The molecule has 1 rings (SSSR count). The molecule has 0 aliphatic heterocycles. The molecule has 0 N–H and O–H groups in total. The second-order valence-electron chi connectivity index (χ2n) is 2.84. The van der Waals surface area contributed by atoms with Crippen LogP contribution in [0.3, 0.4) is 0 Å². The van der Waals surface area contributed by atoms with Crippen LogP contribution in [0.4, 0.5) is 5.69 Å². The van der Waals surface area contributed by atoms with Crippen LogP contribution >= 0.6 is 23.2 Å². The van der Waals surface area contributed by atoms with E-state index < -0.39 is 0 Å². The lowest BCUT2D eigenvalue weighted by Gasteiger charge is -2.02. The molecule has 0 aromatic heterocycles. The highest BCUT2D eigenvalue weighted by atomic mass is 35.5. The quantitative estimate of drug-likeness (QED) is 0.548. The van der Waals surface area contributed by atoms with Crippen LogP contribution in [0.25, 0.3) is 0 Å².